The molecule has 0 aromatic heterocycles. The first-order chi connectivity index (χ1) is 12.5. The molecule has 7 nitrogen and oxygen atoms in total. The van der Waals surface area contributed by atoms with Crippen molar-refractivity contribution < 1.29 is 28.9 Å². The molecule has 2 aliphatic rings. The standard InChI is InChI=1S/C19H25NO6/c1-19(18(22)23)13-20(8-11-26-19)17(21)16-5-3-2-4-14(16)12-25-15-6-9-24-10-7-15/h2-5,15H,6-13H2,1H3,(H,22,23). The molecule has 0 saturated carbocycles. The Morgan fingerprint density at radius 3 is 2.73 bits per heavy atom. The van der Waals surface area contributed by atoms with Crippen LogP contribution < -0.4 is 0 Å². The minimum Gasteiger partial charge on any atom is -0.479 e. The summed E-state index contributed by atoms with van der Waals surface area (Å²) in [5.41, 5.74) is -0.0109. The van der Waals surface area contributed by atoms with E-state index in [9.17, 15) is 14.7 Å². The van der Waals surface area contributed by atoms with Gasteiger partial charge in [0.1, 0.15) is 0 Å². The van der Waals surface area contributed by atoms with Crippen molar-refractivity contribution in [2.24, 2.45) is 0 Å². The summed E-state index contributed by atoms with van der Waals surface area (Å²) >= 11 is 0. The number of hydrogen-bond acceptors (Lipinski definition) is 5. The number of amides is 1. The SMILES string of the molecule is CC1(C(=O)O)CN(C(=O)c2ccccc2COC2CCOCC2)CCO1. The molecule has 2 heterocycles. The molecular formula is C19H25NO6. The van der Waals surface area contributed by atoms with E-state index < -0.39 is 11.6 Å². The normalized spacial score (nSPS) is 24.4. The number of carbonyl (C=O) groups is 2. The van der Waals surface area contributed by atoms with Crippen molar-refractivity contribution in [3.63, 3.8) is 0 Å². The molecule has 1 aromatic rings. The van der Waals surface area contributed by atoms with Crippen LogP contribution in [-0.4, -0.2) is 66.5 Å². The molecule has 1 amide bonds. The lowest BCUT2D eigenvalue weighted by Crippen LogP contribution is -2.56. The maximum Gasteiger partial charge on any atom is 0.337 e. The molecular weight excluding hydrogens is 338 g/mol. The summed E-state index contributed by atoms with van der Waals surface area (Å²) in [6, 6.07) is 7.32. The van der Waals surface area contributed by atoms with Gasteiger partial charge in [-0.3, -0.25) is 4.79 Å². The van der Waals surface area contributed by atoms with Crippen LogP contribution in [0.1, 0.15) is 35.7 Å². The van der Waals surface area contributed by atoms with E-state index in [0.717, 1.165) is 18.4 Å². The summed E-state index contributed by atoms with van der Waals surface area (Å²) in [6.07, 6.45) is 1.86. The number of ether oxygens (including phenoxy) is 3. The third kappa shape index (κ3) is 4.23. The van der Waals surface area contributed by atoms with Crippen LogP contribution in [0.5, 0.6) is 0 Å². The highest BCUT2D eigenvalue weighted by Gasteiger charge is 2.41. The lowest BCUT2D eigenvalue weighted by Gasteiger charge is -2.37. The molecule has 1 atom stereocenters. The number of aliphatic carboxylic acids is 1. The highest BCUT2D eigenvalue weighted by Crippen LogP contribution is 2.22. The van der Waals surface area contributed by atoms with Crippen LogP contribution in [-0.2, 0) is 25.6 Å². The van der Waals surface area contributed by atoms with Crippen molar-refractivity contribution in [3.05, 3.63) is 35.4 Å². The third-order valence-electron chi connectivity index (χ3n) is 4.90. The molecule has 0 spiro atoms. The molecule has 1 aromatic carbocycles. The van der Waals surface area contributed by atoms with Crippen molar-refractivity contribution in [2.75, 3.05) is 32.9 Å². The number of carboxylic acids is 1. The van der Waals surface area contributed by atoms with Gasteiger partial charge in [-0.25, -0.2) is 4.79 Å². The van der Waals surface area contributed by atoms with Crippen LogP contribution in [0, 0.1) is 0 Å². The molecule has 2 saturated heterocycles. The lowest BCUT2D eigenvalue weighted by atomic mass is 10.0. The first-order valence-electron chi connectivity index (χ1n) is 8.93. The third-order valence-corrected chi connectivity index (χ3v) is 4.90. The lowest BCUT2D eigenvalue weighted by molar-refractivity contribution is -0.171. The summed E-state index contributed by atoms with van der Waals surface area (Å²) in [4.78, 5) is 26.0. The second kappa shape index (κ2) is 8.16. The number of carboxylic acid groups (broad SMARTS) is 1. The van der Waals surface area contributed by atoms with Crippen molar-refractivity contribution in [2.45, 2.75) is 38.1 Å². The van der Waals surface area contributed by atoms with Crippen molar-refractivity contribution in [1.29, 1.82) is 0 Å². The molecule has 7 heteroatoms. The summed E-state index contributed by atoms with van der Waals surface area (Å²) in [5.74, 6) is -1.25. The summed E-state index contributed by atoms with van der Waals surface area (Å²) < 4.78 is 16.7. The van der Waals surface area contributed by atoms with Gasteiger partial charge in [0.05, 0.1) is 25.9 Å². The van der Waals surface area contributed by atoms with Crippen molar-refractivity contribution >= 4 is 11.9 Å². The Morgan fingerprint density at radius 1 is 1.27 bits per heavy atom. The maximum atomic E-state index is 13.0. The number of rotatable bonds is 5. The fourth-order valence-corrected chi connectivity index (χ4v) is 3.25. The van der Waals surface area contributed by atoms with E-state index >= 15 is 0 Å². The van der Waals surface area contributed by atoms with Gasteiger partial charge < -0.3 is 24.2 Å². The van der Waals surface area contributed by atoms with Gasteiger partial charge in [0.25, 0.3) is 5.91 Å². The van der Waals surface area contributed by atoms with Crippen LogP contribution in [0.3, 0.4) is 0 Å². The van der Waals surface area contributed by atoms with Crippen molar-refractivity contribution in [1.82, 2.24) is 4.90 Å². The van der Waals surface area contributed by atoms with Crippen molar-refractivity contribution in [3.8, 4) is 0 Å². The molecule has 1 unspecified atom stereocenters. The maximum absolute atomic E-state index is 13.0. The summed E-state index contributed by atoms with van der Waals surface area (Å²) in [7, 11) is 0. The van der Waals surface area contributed by atoms with Gasteiger partial charge >= 0.3 is 5.97 Å². The fourth-order valence-electron chi connectivity index (χ4n) is 3.25. The van der Waals surface area contributed by atoms with E-state index in [2.05, 4.69) is 0 Å². The minimum absolute atomic E-state index is 0.0241. The van der Waals surface area contributed by atoms with E-state index in [-0.39, 0.29) is 25.2 Å². The van der Waals surface area contributed by atoms with E-state index in [4.69, 9.17) is 14.2 Å². The Labute approximate surface area is 152 Å². The number of benzene rings is 1. The van der Waals surface area contributed by atoms with Crippen LogP contribution in [0.25, 0.3) is 0 Å². The van der Waals surface area contributed by atoms with Crippen LogP contribution in [0.15, 0.2) is 24.3 Å². The Balaban J connectivity index is 1.70. The van der Waals surface area contributed by atoms with Crippen LogP contribution in [0.2, 0.25) is 0 Å². The second-order valence-corrected chi connectivity index (χ2v) is 6.89. The fraction of sp³-hybridized carbons (Fsp3) is 0.579. The zero-order valence-corrected chi connectivity index (χ0v) is 15.0. The zero-order chi connectivity index (χ0) is 18.6. The van der Waals surface area contributed by atoms with E-state index in [1.54, 1.807) is 11.0 Å². The number of hydrogen-bond donors (Lipinski definition) is 1. The Bertz CT molecular complexity index is 657. The van der Waals surface area contributed by atoms with Crippen LogP contribution >= 0.6 is 0 Å². The second-order valence-electron chi connectivity index (χ2n) is 6.89. The van der Waals surface area contributed by atoms with Gasteiger partial charge in [0.15, 0.2) is 5.60 Å². The molecule has 2 fully saturated rings. The number of nitrogens with zero attached hydrogens (tertiary/aromatic N) is 1. The van der Waals surface area contributed by atoms with Gasteiger partial charge in [0.2, 0.25) is 0 Å². The average molecular weight is 363 g/mol. The predicted octanol–water partition coefficient (Wildman–Crippen LogP) is 1.70. The predicted molar refractivity (Wildman–Crippen MR) is 93.0 cm³/mol. The molecule has 2 aliphatic heterocycles. The monoisotopic (exact) mass is 363 g/mol. The quantitative estimate of drug-likeness (QED) is 0.857. The smallest absolute Gasteiger partial charge is 0.337 e. The Morgan fingerprint density at radius 2 is 2.00 bits per heavy atom. The first-order valence-corrected chi connectivity index (χ1v) is 8.93. The van der Waals surface area contributed by atoms with Gasteiger partial charge in [-0.15, -0.1) is 0 Å². The van der Waals surface area contributed by atoms with Gasteiger partial charge in [0, 0.05) is 25.3 Å². The number of carbonyl (C=O) groups excluding carboxylic acids is 1. The minimum atomic E-state index is -1.37. The molecule has 0 radical (unpaired) electrons. The van der Waals surface area contributed by atoms with Crippen LogP contribution in [0.4, 0.5) is 0 Å². The Hall–Kier alpha value is -1.96. The molecule has 3 rings (SSSR count). The molecule has 26 heavy (non-hydrogen) atoms. The van der Waals surface area contributed by atoms with E-state index in [1.807, 2.05) is 18.2 Å². The largest absolute Gasteiger partial charge is 0.479 e. The summed E-state index contributed by atoms with van der Waals surface area (Å²) in [5, 5.41) is 9.36. The Kier molecular flexibility index (Phi) is 5.90. The van der Waals surface area contributed by atoms with Gasteiger partial charge in [-0.05, 0) is 31.4 Å². The molecule has 1 N–H and O–H groups in total. The first kappa shape index (κ1) is 18.8. The van der Waals surface area contributed by atoms with Gasteiger partial charge in [-0.2, -0.15) is 0 Å². The highest BCUT2D eigenvalue weighted by atomic mass is 16.5. The summed E-state index contributed by atoms with van der Waals surface area (Å²) in [6.45, 7) is 3.85. The zero-order valence-electron chi connectivity index (χ0n) is 15.0. The average Bonchev–Trinajstić information content (AvgIpc) is 2.67. The van der Waals surface area contributed by atoms with Gasteiger partial charge in [-0.1, -0.05) is 18.2 Å². The number of morpholine rings is 1. The van der Waals surface area contributed by atoms with E-state index in [1.165, 1.54) is 6.92 Å². The topological polar surface area (TPSA) is 85.3 Å². The molecule has 0 bridgehead atoms. The molecule has 142 valence electrons. The van der Waals surface area contributed by atoms with E-state index in [0.29, 0.717) is 31.9 Å². The molecule has 0 aliphatic carbocycles. The highest BCUT2D eigenvalue weighted by molar-refractivity contribution is 5.96.